The van der Waals surface area contributed by atoms with Crippen molar-refractivity contribution in [1.29, 1.82) is 0 Å². The van der Waals surface area contributed by atoms with Crippen molar-refractivity contribution in [3.8, 4) is 5.75 Å². The maximum atomic E-state index is 10.1. The fourth-order valence-corrected chi connectivity index (χ4v) is 5.09. The number of phenols is 1. The van der Waals surface area contributed by atoms with Crippen LogP contribution in [0.5, 0.6) is 5.75 Å². The number of fused-ring (bicyclic) bond motifs is 3. The van der Waals surface area contributed by atoms with E-state index < -0.39 is 0 Å². The van der Waals surface area contributed by atoms with Crippen molar-refractivity contribution in [3.63, 3.8) is 0 Å². The molecule has 1 aromatic rings. The summed E-state index contributed by atoms with van der Waals surface area (Å²) in [6.45, 7) is 2.57. The van der Waals surface area contributed by atoms with Crippen molar-refractivity contribution >= 4 is 0 Å². The van der Waals surface area contributed by atoms with E-state index in [9.17, 15) is 5.11 Å². The second-order valence-corrected chi connectivity index (χ2v) is 7.32. The predicted molar refractivity (Wildman–Crippen MR) is 85.7 cm³/mol. The van der Waals surface area contributed by atoms with Crippen LogP contribution >= 0.6 is 0 Å². The highest BCUT2D eigenvalue weighted by molar-refractivity contribution is 5.44. The van der Waals surface area contributed by atoms with Crippen LogP contribution in [0.2, 0.25) is 0 Å². The van der Waals surface area contributed by atoms with Gasteiger partial charge < -0.3 is 5.11 Å². The molecule has 2 unspecified atom stereocenters. The number of nitrogens with zero attached hydrogens (tertiary/aromatic N) is 1. The minimum atomic E-state index is 0.523. The second kappa shape index (κ2) is 5.64. The van der Waals surface area contributed by atoms with Gasteiger partial charge in [0.25, 0.3) is 0 Å². The van der Waals surface area contributed by atoms with Crippen molar-refractivity contribution in [2.24, 2.45) is 5.92 Å². The van der Waals surface area contributed by atoms with E-state index in [0.717, 1.165) is 18.4 Å². The number of benzene rings is 1. The van der Waals surface area contributed by atoms with Gasteiger partial charge in [-0.15, -0.1) is 0 Å². The topological polar surface area (TPSA) is 23.5 Å². The van der Waals surface area contributed by atoms with Gasteiger partial charge in [0.2, 0.25) is 0 Å². The third-order valence-electron chi connectivity index (χ3n) is 6.24. The monoisotopic (exact) mass is 285 g/mol. The van der Waals surface area contributed by atoms with E-state index in [1.807, 2.05) is 12.1 Å². The van der Waals surface area contributed by atoms with E-state index in [1.165, 1.54) is 69.2 Å². The van der Waals surface area contributed by atoms with Gasteiger partial charge in [-0.05, 0) is 61.9 Å². The van der Waals surface area contributed by atoms with E-state index >= 15 is 0 Å². The van der Waals surface area contributed by atoms with Gasteiger partial charge in [0.05, 0.1) is 0 Å². The summed E-state index contributed by atoms with van der Waals surface area (Å²) in [5.74, 6) is 2.20. The summed E-state index contributed by atoms with van der Waals surface area (Å²) < 4.78 is 0. The number of hydrogen-bond donors (Lipinski definition) is 1. The highest BCUT2D eigenvalue weighted by Crippen LogP contribution is 2.44. The van der Waals surface area contributed by atoms with E-state index in [2.05, 4.69) is 11.0 Å². The zero-order chi connectivity index (χ0) is 14.2. The van der Waals surface area contributed by atoms with Gasteiger partial charge in [0.1, 0.15) is 5.75 Å². The Morgan fingerprint density at radius 2 is 1.95 bits per heavy atom. The van der Waals surface area contributed by atoms with Crippen molar-refractivity contribution in [3.05, 3.63) is 29.3 Å². The van der Waals surface area contributed by atoms with Gasteiger partial charge in [-0.2, -0.15) is 0 Å². The molecule has 0 aromatic heterocycles. The molecule has 4 rings (SSSR count). The Bertz CT molecular complexity index is 506. The first-order chi connectivity index (χ1) is 10.3. The lowest BCUT2D eigenvalue weighted by Gasteiger charge is -2.34. The van der Waals surface area contributed by atoms with E-state index in [0.29, 0.717) is 11.7 Å². The van der Waals surface area contributed by atoms with Crippen LogP contribution in [0.1, 0.15) is 62.0 Å². The first-order valence-electron chi connectivity index (χ1n) is 8.88. The quantitative estimate of drug-likeness (QED) is 0.904. The molecule has 0 spiro atoms. The number of rotatable bonds is 3. The van der Waals surface area contributed by atoms with Crippen LogP contribution in [0, 0.1) is 5.92 Å². The SMILES string of the molecule is Oc1cccc2c1CCC1C2CCN1CCC1CCCC1. The smallest absolute Gasteiger partial charge is 0.119 e. The lowest BCUT2D eigenvalue weighted by atomic mass is 9.79. The number of aromatic hydroxyl groups is 1. The molecule has 3 aliphatic rings. The van der Waals surface area contributed by atoms with Gasteiger partial charge >= 0.3 is 0 Å². The molecule has 2 atom stereocenters. The molecule has 0 amide bonds. The molecule has 2 heteroatoms. The Balaban J connectivity index is 1.45. The summed E-state index contributed by atoms with van der Waals surface area (Å²) >= 11 is 0. The molecule has 21 heavy (non-hydrogen) atoms. The zero-order valence-electron chi connectivity index (χ0n) is 12.9. The average Bonchev–Trinajstić information content (AvgIpc) is 3.15. The maximum absolute atomic E-state index is 10.1. The van der Waals surface area contributed by atoms with E-state index in [4.69, 9.17) is 0 Å². The summed E-state index contributed by atoms with van der Waals surface area (Å²) in [4.78, 5) is 2.76. The Morgan fingerprint density at radius 1 is 1.10 bits per heavy atom. The molecule has 2 fully saturated rings. The molecule has 1 saturated heterocycles. The van der Waals surface area contributed by atoms with Crippen molar-refractivity contribution in [2.75, 3.05) is 13.1 Å². The van der Waals surface area contributed by atoms with E-state index in [-0.39, 0.29) is 0 Å². The summed E-state index contributed by atoms with van der Waals surface area (Å²) in [7, 11) is 0. The zero-order valence-corrected chi connectivity index (χ0v) is 12.9. The van der Waals surface area contributed by atoms with Crippen LogP contribution < -0.4 is 0 Å². The molecule has 0 bridgehead atoms. The molecular formula is C19H27NO. The largest absolute Gasteiger partial charge is 0.508 e. The van der Waals surface area contributed by atoms with E-state index in [1.54, 1.807) is 0 Å². The lowest BCUT2D eigenvalue weighted by Crippen LogP contribution is -2.36. The molecule has 2 aliphatic carbocycles. The van der Waals surface area contributed by atoms with Gasteiger partial charge in [-0.25, -0.2) is 0 Å². The number of phenolic OH excluding ortho intramolecular Hbond substituents is 1. The van der Waals surface area contributed by atoms with Gasteiger partial charge in [-0.3, -0.25) is 4.90 Å². The van der Waals surface area contributed by atoms with Crippen LogP contribution in [-0.2, 0) is 6.42 Å². The van der Waals surface area contributed by atoms with Crippen LogP contribution in [0.3, 0.4) is 0 Å². The molecule has 1 N–H and O–H groups in total. The molecule has 1 aromatic carbocycles. The minimum absolute atomic E-state index is 0.523. The highest BCUT2D eigenvalue weighted by Gasteiger charge is 2.39. The van der Waals surface area contributed by atoms with Gasteiger partial charge in [0.15, 0.2) is 0 Å². The molecule has 1 heterocycles. The van der Waals surface area contributed by atoms with Gasteiger partial charge in [0, 0.05) is 12.0 Å². The lowest BCUT2D eigenvalue weighted by molar-refractivity contribution is 0.211. The summed E-state index contributed by atoms with van der Waals surface area (Å²) in [6.07, 6.45) is 10.9. The van der Waals surface area contributed by atoms with Crippen LogP contribution in [0.15, 0.2) is 18.2 Å². The first-order valence-corrected chi connectivity index (χ1v) is 8.88. The molecule has 1 saturated carbocycles. The van der Waals surface area contributed by atoms with Crippen molar-refractivity contribution < 1.29 is 5.11 Å². The Morgan fingerprint density at radius 3 is 2.81 bits per heavy atom. The van der Waals surface area contributed by atoms with Crippen molar-refractivity contribution in [1.82, 2.24) is 4.90 Å². The Labute approximate surface area is 128 Å². The first kappa shape index (κ1) is 13.6. The highest BCUT2D eigenvalue weighted by atomic mass is 16.3. The average molecular weight is 285 g/mol. The molecule has 114 valence electrons. The van der Waals surface area contributed by atoms with Crippen LogP contribution in [0.25, 0.3) is 0 Å². The minimum Gasteiger partial charge on any atom is -0.508 e. The number of hydrogen-bond acceptors (Lipinski definition) is 2. The van der Waals surface area contributed by atoms with Crippen LogP contribution in [0.4, 0.5) is 0 Å². The Hall–Kier alpha value is -1.02. The second-order valence-electron chi connectivity index (χ2n) is 7.32. The fourth-order valence-electron chi connectivity index (χ4n) is 5.09. The molecule has 2 nitrogen and oxygen atoms in total. The van der Waals surface area contributed by atoms with Gasteiger partial charge in [-0.1, -0.05) is 37.8 Å². The summed E-state index contributed by atoms with van der Waals surface area (Å²) in [5.41, 5.74) is 2.67. The van der Waals surface area contributed by atoms with Crippen molar-refractivity contribution in [2.45, 2.75) is 63.3 Å². The normalized spacial score (nSPS) is 29.5. The summed E-state index contributed by atoms with van der Waals surface area (Å²) in [6, 6.07) is 6.87. The maximum Gasteiger partial charge on any atom is 0.119 e. The third kappa shape index (κ3) is 2.48. The predicted octanol–water partition coefficient (Wildman–Crippen LogP) is 4.08. The molecule has 0 radical (unpaired) electrons. The number of likely N-dealkylation sites (tertiary alicyclic amines) is 1. The molecule has 1 aliphatic heterocycles. The third-order valence-corrected chi connectivity index (χ3v) is 6.24. The van der Waals surface area contributed by atoms with Crippen LogP contribution in [-0.4, -0.2) is 29.1 Å². The fraction of sp³-hybridized carbons (Fsp3) is 0.684. The molecular weight excluding hydrogens is 258 g/mol. The Kier molecular flexibility index (Phi) is 3.66. The summed E-state index contributed by atoms with van der Waals surface area (Å²) in [5, 5.41) is 10.1. The standard InChI is InChI=1S/C19H27NO/c21-19-7-3-6-15-16-11-13-20(18(16)9-8-17(15)19)12-10-14-4-1-2-5-14/h3,6-7,14,16,18,21H,1-2,4-5,8-13H2.